The maximum atomic E-state index is 12.8. The van der Waals surface area contributed by atoms with E-state index in [0.29, 0.717) is 19.1 Å². The number of carbonyl (C=O) groups is 1. The normalized spacial score (nSPS) is 23.3. The van der Waals surface area contributed by atoms with Crippen LogP contribution in [0.4, 0.5) is 13.2 Å². The van der Waals surface area contributed by atoms with Crippen LogP contribution >= 0.6 is 0 Å². The Hall–Kier alpha value is -1.60. The Balaban J connectivity index is 1.67. The van der Waals surface area contributed by atoms with Gasteiger partial charge in [-0.25, -0.2) is 0 Å². The summed E-state index contributed by atoms with van der Waals surface area (Å²) in [6.07, 6.45) is -2.61. The first-order valence-electron chi connectivity index (χ1n) is 8.23. The molecule has 1 atom stereocenters. The van der Waals surface area contributed by atoms with E-state index in [1.807, 2.05) is 0 Å². The molecule has 2 saturated heterocycles. The van der Waals surface area contributed by atoms with Crippen LogP contribution in [0.1, 0.15) is 28.8 Å². The van der Waals surface area contributed by atoms with E-state index < -0.39 is 11.7 Å². The van der Waals surface area contributed by atoms with Crippen LogP contribution in [0, 0.1) is 0 Å². The number of carbonyl (C=O) groups excluding carboxylic acids is 1. The number of rotatable bonds is 2. The third-order valence-electron chi connectivity index (χ3n) is 4.68. The van der Waals surface area contributed by atoms with Crippen molar-refractivity contribution in [2.45, 2.75) is 25.1 Å². The Morgan fingerprint density at radius 1 is 1.17 bits per heavy atom. The smallest absolute Gasteiger partial charge is 0.380 e. The lowest BCUT2D eigenvalue weighted by molar-refractivity contribution is -0.137. The van der Waals surface area contributed by atoms with Gasteiger partial charge in [-0.05, 0) is 31.0 Å². The van der Waals surface area contributed by atoms with Crippen molar-refractivity contribution >= 4 is 5.91 Å². The molecule has 1 unspecified atom stereocenters. The van der Waals surface area contributed by atoms with E-state index in [2.05, 4.69) is 4.90 Å². The highest BCUT2D eigenvalue weighted by molar-refractivity contribution is 5.94. The van der Waals surface area contributed by atoms with Crippen LogP contribution in [0.3, 0.4) is 0 Å². The summed E-state index contributed by atoms with van der Waals surface area (Å²) in [5.41, 5.74) is -0.685. The second-order valence-corrected chi connectivity index (χ2v) is 6.28. The lowest BCUT2D eigenvalue weighted by atomic mass is 10.1. The van der Waals surface area contributed by atoms with E-state index in [9.17, 15) is 18.0 Å². The molecule has 2 fully saturated rings. The average molecular weight is 342 g/mol. The topological polar surface area (TPSA) is 32.8 Å². The molecule has 0 N–H and O–H groups in total. The van der Waals surface area contributed by atoms with Gasteiger partial charge < -0.3 is 9.64 Å². The first-order valence-corrected chi connectivity index (χ1v) is 8.23. The Bertz CT molecular complexity index is 585. The number of nitrogens with zero attached hydrogens (tertiary/aromatic N) is 2. The first kappa shape index (κ1) is 17.2. The monoisotopic (exact) mass is 342 g/mol. The predicted molar refractivity (Wildman–Crippen MR) is 82.8 cm³/mol. The van der Waals surface area contributed by atoms with Gasteiger partial charge in [-0.15, -0.1) is 0 Å². The third kappa shape index (κ3) is 3.89. The highest BCUT2D eigenvalue weighted by Gasteiger charge is 2.32. The lowest BCUT2D eigenvalue weighted by Gasteiger charge is -2.26. The fourth-order valence-electron chi connectivity index (χ4n) is 3.33. The molecule has 1 aromatic rings. The largest absolute Gasteiger partial charge is 0.416 e. The molecule has 0 bridgehead atoms. The Morgan fingerprint density at radius 3 is 2.71 bits per heavy atom. The van der Waals surface area contributed by atoms with Gasteiger partial charge in [-0.3, -0.25) is 9.69 Å². The second-order valence-electron chi connectivity index (χ2n) is 6.28. The van der Waals surface area contributed by atoms with Crippen LogP contribution in [0.5, 0.6) is 0 Å². The molecule has 2 aliphatic rings. The van der Waals surface area contributed by atoms with E-state index in [1.54, 1.807) is 4.90 Å². The summed E-state index contributed by atoms with van der Waals surface area (Å²) in [6, 6.07) is 5.06. The van der Waals surface area contributed by atoms with Crippen LogP contribution in [-0.4, -0.2) is 61.1 Å². The number of halogens is 3. The highest BCUT2D eigenvalue weighted by atomic mass is 19.4. The number of hydrogen-bond donors (Lipinski definition) is 0. The molecule has 24 heavy (non-hydrogen) atoms. The summed E-state index contributed by atoms with van der Waals surface area (Å²) in [4.78, 5) is 16.6. The van der Waals surface area contributed by atoms with Crippen LogP contribution in [0.25, 0.3) is 0 Å². The standard InChI is InChI=1S/C17H21F3N2O2/c18-17(19,20)14-4-1-3-13(11-14)16(23)22-7-2-6-21(8-9-22)15-5-10-24-12-15/h1,3-4,11,15H,2,5-10,12H2. The summed E-state index contributed by atoms with van der Waals surface area (Å²) >= 11 is 0. The van der Waals surface area contributed by atoms with Gasteiger partial charge in [0.2, 0.25) is 0 Å². The van der Waals surface area contributed by atoms with E-state index in [4.69, 9.17) is 4.74 Å². The minimum atomic E-state index is -4.44. The zero-order chi connectivity index (χ0) is 17.2. The van der Waals surface area contributed by atoms with Crippen LogP contribution in [0.15, 0.2) is 24.3 Å². The lowest BCUT2D eigenvalue weighted by Crippen LogP contribution is -2.39. The summed E-state index contributed by atoms with van der Waals surface area (Å²) in [6.45, 7) is 4.22. The molecule has 3 rings (SSSR count). The molecular formula is C17H21F3N2O2. The molecule has 1 amide bonds. The molecule has 2 aliphatic heterocycles. The summed E-state index contributed by atoms with van der Waals surface area (Å²) in [7, 11) is 0. The minimum absolute atomic E-state index is 0.0995. The zero-order valence-corrected chi connectivity index (χ0v) is 13.4. The van der Waals surface area contributed by atoms with Gasteiger partial charge >= 0.3 is 6.18 Å². The number of hydrogen-bond acceptors (Lipinski definition) is 3. The van der Waals surface area contributed by atoms with Gasteiger partial charge in [-0.1, -0.05) is 6.07 Å². The van der Waals surface area contributed by atoms with E-state index in [-0.39, 0.29) is 11.5 Å². The number of benzene rings is 1. The van der Waals surface area contributed by atoms with Gasteiger partial charge in [0.05, 0.1) is 12.2 Å². The number of amides is 1. The molecule has 0 aliphatic carbocycles. The molecule has 0 radical (unpaired) electrons. The molecular weight excluding hydrogens is 321 g/mol. The van der Waals surface area contributed by atoms with Gasteiger partial charge in [0, 0.05) is 44.4 Å². The SMILES string of the molecule is O=C(c1cccc(C(F)(F)F)c1)N1CCCN(C2CCOC2)CC1. The van der Waals surface area contributed by atoms with E-state index >= 15 is 0 Å². The quantitative estimate of drug-likeness (QED) is 0.828. The van der Waals surface area contributed by atoms with Crippen molar-refractivity contribution in [1.82, 2.24) is 9.80 Å². The fraction of sp³-hybridized carbons (Fsp3) is 0.588. The van der Waals surface area contributed by atoms with Crippen LogP contribution in [0.2, 0.25) is 0 Å². The maximum Gasteiger partial charge on any atom is 0.416 e. The second kappa shape index (κ2) is 7.11. The molecule has 132 valence electrons. The molecule has 0 saturated carbocycles. The Morgan fingerprint density at radius 2 is 2.00 bits per heavy atom. The average Bonchev–Trinajstić information content (AvgIpc) is 2.98. The molecule has 0 aromatic heterocycles. The summed E-state index contributed by atoms with van der Waals surface area (Å²) in [5.74, 6) is -0.328. The van der Waals surface area contributed by atoms with Crippen molar-refractivity contribution in [2.24, 2.45) is 0 Å². The van der Waals surface area contributed by atoms with Crippen molar-refractivity contribution in [2.75, 3.05) is 39.4 Å². The van der Waals surface area contributed by atoms with Crippen LogP contribution < -0.4 is 0 Å². The van der Waals surface area contributed by atoms with Crippen LogP contribution in [-0.2, 0) is 10.9 Å². The minimum Gasteiger partial charge on any atom is -0.380 e. The Kier molecular flexibility index (Phi) is 5.10. The van der Waals surface area contributed by atoms with E-state index in [1.165, 1.54) is 12.1 Å². The highest BCUT2D eigenvalue weighted by Crippen LogP contribution is 2.29. The van der Waals surface area contributed by atoms with Gasteiger partial charge in [0.1, 0.15) is 0 Å². The van der Waals surface area contributed by atoms with Gasteiger partial charge in [-0.2, -0.15) is 13.2 Å². The van der Waals surface area contributed by atoms with Crippen molar-refractivity contribution in [3.05, 3.63) is 35.4 Å². The molecule has 2 heterocycles. The van der Waals surface area contributed by atoms with Crippen molar-refractivity contribution in [1.29, 1.82) is 0 Å². The fourth-order valence-corrected chi connectivity index (χ4v) is 3.33. The number of ether oxygens (including phenoxy) is 1. The molecule has 4 nitrogen and oxygen atoms in total. The molecule has 1 aromatic carbocycles. The first-order chi connectivity index (χ1) is 11.4. The van der Waals surface area contributed by atoms with Gasteiger partial charge in [0.15, 0.2) is 0 Å². The third-order valence-corrected chi connectivity index (χ3v) is 4.68. The molecule has 0 spiro atoms. The number of alkyl halides is 3. The summed E-state index contributed by atoms with van der Waals surface area (Å²) in [5, 5.41) is 0. The summed E-state index contributed by atoms with van der Waals surface area (Å²) < 4.78 is 43.9. The zero-order valence-electron chi connectivity index (χ0n) is 13.4. The maximum absolute atomic E-state index is 12.8. The van der Waals surface area contributed by atoms with Crippen molar-refractivity contribution < 1.29 is 22.7 Å². The van der Waals surface area contributed by atoms with Gasteiger partial charge in [0.25, 0.3) is 5.91 Å². The van der Waals surface area contributed by atoms with E-state index in [0.717, 1.165) is 51.3 Å². The van der Waals surface area contributed by atoms with Crippen molar-refractivity contribution in [3.8, 4) is 0 Å². The molecule has 7 heteroatoms. The Labute approximate surface area is 139 Å². The van der Waals surface area contributed by atoms with Crippen molar-refractivity contribution in [3.63, 3.8) is 0 Å². The predicted octanol–water partition coefficient (Wildman–Crippen LogP) is 2.64.